The van der Waals surface area contributed by atoms with E-state index in [0.29, 0.717) is 5.95 Å². The molecular weight excluding hydrogens is 412 g/mol. The summed E-state index contributed by atoms with van der Waals surface area (Å²) in [4.78, 5) is 13.1. The second-order valence-corrected chi connectivity index (χ2v) is 8.37. The second-order valence-electron chi connectivity index (χ2n) is 7.64. The van der Waals surface area contributed by atoms with Gasteiger partial charge in [0.1, 0.15) is 24.6 Å². The summed E-state index contributed by atoms with van der Waals surface area (Å²) in [6.07, 6.45) is 18.9. The van der Waals surface area contributed by atoms with Gasteiger partial charge in [-0.15, -0.1) is 0 Å². The van der Waals surface area contributed by atoms with Gasteiger partial charge in [0.2, 0.25) is 11.1 Å². The van der Waals surface area contributed by atoms with E-state index in [-0.39, 0.29) is 0 Å². The van der Waals surface area contributed by atoms with Crippen molar-refractivity contribution < 1.29 is 9.47 Å². The van der Waals surface area contributed by atoms with Crippen LogP contribution in [0.2, 0.25) is 0 Å². The summed E-state index contributed by atoms with van der Waals surface area (Å²) >= 11 is 1.41. The number of anilines is 1. The van der Waals surface area contributed by atoms with Crippen molar-refractivity contribution in [2.45, 2.75) is 25.7 Å². The summed E-state index contributed by atoms with van der Waals surface area (Å²) in [5.74, 6) is 2.37. The molecule has 2 aromatic heterocycles. The van der Waals surface area contributed by atoms with E-state index in [2.05, 4.69) is 56.5 Å². The van der Waals surface area contributed by atoms with E-state index in [1.165, 1.54) is 17.1 Å². The van der Waals surface area contributed by atoms with Gasteiger partial charge in [0.05, 0.1) is 0 Å². The molecule has 0 atom stereocenters. The Bertz CT molecular complexity index is 976. The maximum absolute atomic E-state index is 6.05. The Morgan fingerprint density at radius 3 is 2.94 bits per heavy atom. The number of allylic oxidation sites excluding steroid dienone is 4. The minimum Gasteiger partial charge on any atom is -0.465 e. The highest BCUT2D eigenvalue weighted by atomic mass is 32.1. The summed E-state index contributed by atoms with van der Waals surface area (Å²) in [5, 5.41) is 0.912. The standard InChI is InChI=1S/C22H28N6O2S/c1-26(13-9-19-15-29-16-20(30-19)18-7-4-3-5-8-18)11-6-12-27(2)22-24-21(25-31-22)28-14-10-23-17-28/h3-4,7,10,14-17H,5-6,8-9,11-13H2,1-2H3. The third kappa shape index (κ3) is 5.83. The van der Waals surface area contributed by atoms with Crippen molar-refractivity contribution in [1.29, 1.82) is 0 Å². The number of nitrogens with zero attached hydrogens (tertiary/aromatic N) is 6. The monoisotopic (exact) mass is 440 g/mol. The normalized spacial score (nSPS) is 15.8. The van der Waals surface area contributed by atoms with Crippen molar-refractivity contribution in [3.8, 4) is 5.95 Å². The van der Waals surface area contributed by atoms with Gasteiger partial charge in [0.15, 0.2) is 5.76 Å². The van der Waals surface area contributed by atoms with Gasteiger partial charge in [-0.1, -0.05) is 18.2 Å². The Kier molecular flexibility index (Phi) is 7.16. The molecule has 9 heteroatoms. The van der Waals surface area contributed by atoms with Crippen LogP contribution in [0.25, 0.3) is 5.95 Å². The van der Waals surface area contributed by atoms with Gasteiger partial charge >= 0.3 is 0 Å². The first-order valence-electron chi connectivity index (χ1n) is 10.5. The topological polar surface area (TPSA) is 68.5 Å². The van der Waals surface area contributed by atoms with E-state index >= 15 is 0 Å². The van der Waals surface area contributed by atoms with Gasteiger partial charge in [-0.25, -0.2) is 4.98 Å². The molecule has 0 fully saturated rings. The van der Waals surface area contributed by atoms with Crippen LogP contribution in [0.1, 0.15) is 25.7 Å². The lowest BCUT2D eigenvalue weighted by Gasteiger charge is -2.22. The van der Waals surface area contributed by atoms with Crippen molar-refractivity contribution in [2.75, 3.05) is 38.6 Å². The molecule has 3 heterocycles. The molecule has 0 amide bonds. The molecule has 0 saturated carbocycles. The molecular formula is C22H28N6O2S. The zero-order valence-corrected chi connectivity index (χ0v) is 18.8. The summed E-state index contributed by atoms with van der Waals surface area (Å²) < 4.78 is 17.8. The van der Waals surface area contributed by atoms with Gasteiger partial charge in [0.25, 0.3) is 0 Å². The molecule has 1 aliphatic heterocycles. The largest absolute Gasteiger partial charge is 0.465 e. The number of hydrogen-bond acceptors (Lipinski definition) is 8. The predicted octanol–water partition coefficient (Wildman–Crippen LogP) is 3.88. The highest BCUT2D eigenvalue weighted by Gasteiger charge is 2.16. The molecule has 0 saturated heterocycles. The summed E-state index contributed by atoms with van der Waals surface area (Å²) in [7, 11) is 4.19. The van der Waals surface area contributed by atoms with Crippen molar-refractivity contribution >= 4 is 16.7 Å². The van der Waals surface area contributed by atoms with Crippen LogP contribution in [0.15, 0.2) is 66.6 Å². The molecule has 8 nitrogen and oxygen atoms in total. The van der Waals surface area contributed by atoms with Gasteiger partial charge < -0.3 is 19.3 Å². The predicted molar refractivity (Wildman–Crippen MR) is 122 cm³/mol. The molecule has 0 spiro atoms. The molecule has 2 aliphatic rings. The smallest absolute Gasteiger partial charge is 0.248 e. The highest BCUT2D eigenvalue weighted by Crippen LogP contribution is 2.27. The maximum Gasteiger partial charge on any atom is 0.248 e. The van der Waals surface area contributed by atoms with Crippen molar-refractivity contribution in [2.24, 2.45) is 0 Å². The molecule has 0 aromatic carbocycles. The lowest BCUT2D eigenvalue weighted by molar-refractivity contribution is 0.207. The number of rotatable bonds is 10. The summed E-state index contributed by atoms with van der Waals surface area (Å²) in [6.45, 7) is 2.82. The fourth-order valence-corrected chi connectivity index (χ4v) is 4.00. The van der Waals surface area contributed by atoms with Crippen LogP contribution >= 0.6 is 11.5 Å². The van der Waals surface area contributed by atoms with Gasteiger partial charge in [-0.3, -0.25) is 4.57 Å². The van der Waals surface area contributed by atoms with Crippen LogP contribution in [-0.2, 0) is 9.47 Å². The second kappa shape index (κ2) is 10.4. The van der Waals surface area contributed by atoms with E-state index in [4.69, 9.17) is 9.47 Å². The number of aromatic nitrogens is 4. The highest BCUT2D eigenvalue weighted by molar-refractivity contribution is 7.09. The zero-order valence-electron chi connectivity index (χ0n) is 18.0. The molecule has 1 aliphatic carbocycles. The average Bonchev–Trinajstić information content (AvgIpc) is 3.50. The first kappa shape index (κ1) is 21.3. The molecule has 0 N–H and O–H groups in total. The van der Waals surface area contributed by atoms with E-state index in [1.807, 2.05) is 10.8 Å². The molecule has 0 unspecified atom stereocenters. The SMILES string of the molecule is CN(CCCN(C)c1nc(-n2ccnc2)ns1)CCC1=COC=C(C2=CC=CCC2)O1. The van der Waals surface area contributed by atoms with Crippen LogP contribution in [0.5, 0.6) is 0 Å². The molecule has 164 valence electrons. The Balaban J connectivity index is 1.16. The van der Waals surface area contributed by atoms with Crippen LogP contribution in [0.4, 0.5) is 5.13 Å². The van der Waals surface area contributed by atoms with E-state index < -0.39 is 0 Å². The quantitative estimate of drug-likeness (QED) is 0.555. The lowest BCUT2D eigenvalue weighted by Crippen LogP contribution is -2.26. The number of imidazole rings is 1. The number of hydrogen-bond donors (Lipinski definition) is 0. The van der Waals surface area contributed by atoms with Crippen molar-refractivity contribution in [1.82, 2.24) is 23.8 Å². The molecule has 31 heavy (non-hydrogen) atoms. The van der Waals surface area contributed by atoms with Gasteiger partial charge in [-0.2, -0.15) is 9.36 Å². The number of ether oxygens (including phenoxy) is 2. The zero-order chi connectivity index (χ0) is 21.5. The van der Waals surface area contributed by atoms with E-state index in [9.17, 15) is 0 Å². The van der Waals surface area contributed by atoms with Crippen molar-refractivity contribution in [3.05, 3.63) is 66.6 Å². The van der Waals surface area contributed by atoms with Crippen LogP contribution in [-0.4, -0.2) is 57.5 Å². The Morgan fingerprint density at radius 1 is 1.19 bits per heavy atom. The third-order valence-corrected chi connectivity index (χ3v) is 6.01. The lowest BCUT2D eigenvalue weighted by atomic mass is 10.0. The first-order valence-corrected chi connectivity index (χ1v) is 11.3. The van der Waals surface area contributed by atoms with Gasteiger partial charge in [-0.05, 0) is 38.4 Å². The average molecular weight is 441 g/mol. The van der Waals surface area contributed by atoms with Crippen LogP contribution in [0.3, 0.4) is 0 Å². The summed E-state index contributed by atoms with van der Waals surface area (Å²) in [5.41, 5.74) is 1.19. The molecule has 0 radical (unpaired) electrons. The van der Waals surface area contributed by atoms with Crippen LogP contribution < -0.4 is 4.90 Å². The Labute approximate surface area is 187 Å². The van der Waals surface area contributed by atoms with Gasteiger partial charge in [0, 0.05) is 50.5 Å². The minimum absolute atomic E-state index is 0.665. The molecule has 0 bridgehead atoms. The Morgan fingerprint density at radius 2 is 2.13 bits per heavy atom. The van der Waals surface area contributed by atoms with E-state index in [0.717, 1.165) is 62.0 Å². The third-order valence-electron chi connectivity index (χ3n) is 5.19. The fourth-order valence-electron chi connectivity index (χ4n) is 3.35. The molecule has 2 aromatic rings. The first-order chi connectivity index (χ1) is 15.2. The fraction of sp³-hybridized carbons (Fsp3) is 0.409. The van der Waals surface area contributed by atoms with E-state index in [1.54, 1.807) is 25.0 Å². The minimum atomic E-state index is 0.665. The van der Waals surface area contributed by atoms with Crippen molar-refractivity contribution in [3.63, 3.8) is 0 Å². The summed E-state index contributed by atoms with van der Waals surface area (Å²) in [6, 6.07) is 0. The maximum atomic E-state index is 6.05. The Hall–Kier alpha value is -2.91. The molecule has 4 rings (SSSR count). The van der Waals surface area contributed by atoms with Crippen LogP contribution in [0, 0.1) is 0 Å².